The van der Waals surface area contributed by atoms with Gasteiger partial charge in [0.2, 0.25) is 0 Å². The topological polar surface area (TPSA) is 60.8 Å². The number of nitrogens with zero attached hydrogens (tertiary/aromatic N) is 1. The first-order valence-corrected chi connectivity index (χ1v) is 5.64. The van der Waals surface area contributed by atoms with Gasteiger partial charge >= 0.3 is 5.97 Å². The van der Waals surface area contributed by atoms with E-state index in [9.17, 15) is 9.90 Å². The Hall–Kier alpha value is -0.610. The first-order valence-electron chi connectivity index (χ1n) is 5.64. The maximum absolute atomic E-state index is 10.4. The van der Waals surface area contributed by atoms with Crippen molar-refractivity contribution in [1.82, 2.24) is 4.90 Å². The average molecular weight is 215 g/mol. The van der Waals surface area contributed by atoms with Crippen molar-refractivity contribution in [2.75, 3.05) is 13.1 Å². The second-order valence-corrected chi connectivity index (χ2v) is 4.57. The predicted molar refractivity (Wildman–Crippen MR) is 57.7 cm³/mol. The van der Waals surface area contributed by atoms with Crippen molar-refractivity contribution in [3.63, 3.8) is 0 Å². The molecule has 0 bridgehead atoms. The van der Waals surface area contributed by atoms with Crippen LogP contribution in [0.4, 0.5) is 0 Å². The van der Waals surface area contributed by atoms with Crippen molar-refractivity contribution in [1.29, 1.82) is 0 Å². The number of carboxylic acids is 1. The fourth-order valence-electron chi connectivity index (χ4n) is 2.12. The SMILES string of the molecule is CC(O)C1CCN(C(C)CCC(=O)O)C1. The van der Waals surface area contributed by atoms with E-state index in [0.29, 0.717) is 18.4 Å². The van der Waals surface area contributed by atoms with Crippen LogP contribution in [0, 0.1) is 5.92 Å². The molecule has 0 spiro atoms. The molecule has 0 aromatic heterocycles. The fraction of sp³-hybridized carbons (Fsp3) is 0.909. The zero-order valence-electron chi connectivity index (χ0n) is 9.52. The zero-order chi connectivity index (χ0) is 11.4. The van der Waals surface area contributed by atoms with Crippen LogP contribution in [0.15, 0.2) is 0 Å². The highest BCUT2D eigenvalue weighted by molar-refractivity contribution is 5.66. The van der Waals surface area contributed by atoms with E-state index in [4.69, 9.17) is 5.11 Å². The molecule has 2 N–H and O–H groups in total. The van der Waals surface area contributed by atoms with Crippen molar-refractivity contribution < 1.29 is 15.0 Å². The van der Waals surface area contributed by atoms with Crippen LogP contribution in [0.25, 0.3) is 0 Å². The van der Waals surface area contributed by atoms with E-state index in [1.54, 1.807) is 0 Å². The molecule has 1 rings (SSSR count). The highest BCUT2D eigenvalue weighted by atomic mass is 16.4. The monoisotopic (exact) mass is 215 g/mol. The van der Waals surface area contributed by atoms with Crippen molar-refractivity contribution in [2.45, 2.75) is 45.3 Å². The van der Waals surface area contributed by atoms with Gasteiger partial charge in [-0.25, -0.2) is 0 Å². The first-order chi connectivity index (χ1) is 7.00. The molecule has 1 heterocycles. The van der Waals surface area contributed by atoms with E-state index >= 15 is 0 Å². The van der Waals surface area contributed by atoms with Gasteiger partial charge in [0, 0.05) is 19.0 Å². The van der Waals surface area contributed by atoms with Crippen LogP contribution in [0.3, 0.4) is 0 Å². The molecule has 1 fully saturated rings. The lowest BCUT2D eigenvalue weighted by atomic mass is 10.0. The molecule has 0 amide bonds. The third-order valence-corrected chi connectivity index (χ3v) is 3.34. The molecular formula is C11H21NO3. The highest BCUT2D eigenvalue weighted by Gasteiger charge is 2.28. The van der Waals surface area contributed by atoms with Crippen LogP contribution in [0.2, 0.25) is 0 Å². The van der Waals surface area contributed by atoms with Crippen LogP contribution < -0.4 is 0 Å². The van der Waals surface area contributed by atoms with Crippen LogP contribution in [0.5, 0.6) is 0 Å². The van der Waals surface area contributed by atoms with E-state index in [1.807, 2.05) is 6.92 Å². The Balaban J connectivity index is 2.30. The molecule has 1 aliphatic heterocycles. The third-order valence-electron chi connectivity index (χ3n) is 3.34. The molecule has 1 saturated heterocycles. The van der Waals surface area contributed by atoms with E-state index in [1.165, 1.54) is 0 Å². The number of carbonyl (C=O) groups is 1. The molecule has 15 heavy (non-hydrogen) atoms. The second kappa shape index (κ2) is 5.47. The molecule has 3 unspecified atom stereocenters. The lowest BCUT2D eigenvalue weighted by Gasteiger charge is -2.24. The summed E-state index contributed by atoms with van der Waals surface area (Å²) in [5, 5.41) is 18.0. The van der Waals surface area contributed by atoms with Crippen LogP contribution in [-0.4, -0.2) is 46.3 Å². The van der Waals surface area contributed by atoms with Gasteiger partial charge in [-0.05, 0) is 39.2 Å². The summed E-state index contributed by atoms with van der Waals surface area (Å²) in [6, 6.07) is 0.310. The number of likely N-dealkylation sites (tertiary alicyclic amines) is 1. The average Bonchev–Trinajstić information content (AvgIpc) is 2.62. The summed E-state index contributed by atoms with van der Waals surface area (Å²) >= 11 is 0. The summed E-state index contributed by atoms with van der Waals surface area (Å²) in [7, 11) is 0. The van der Waals surface area contributed by atoms with Gasteiger partial charge in [0.1, 0.15) is 0 Å². The molecule has 0 radical (unpaired) electrons. The summed E-state index contributed by atoms with van der Waals surface area (Å²) in [4.78, 5) is 12.7. The molecule has 0 aromatic carbocycles. The van der Waals surface area contributed by atoms with Crippen LogP contribution in [-0.2, 0) is 4.79 Å². The number of carboxylic acid groups (broad SMARTS) is 1. The van der Waals surface area contributed by atoms with Gasteiger partial charge < -0.3 is 15.1 Å². The first kappa shape index (κ1) is 12.5. The number of hydrogen-bond acceptors (Lipinski definition) is 3. The van der Waals surface area contributed by atoms with Crippen LogP contribution in [0.1, 0.15) is 33.1 Å². The number of aliphatic hydroxyl groups is 1. The fourth-order valence-corrected chi connectivity index (χ4v) is 2.12. The van der Waals surface area contributed by atoms with E-state index in [2.05, 4.69) is 11.8 Å². The minimum absolute atomic E-state index is 0.233. The van der Waals surface area contributed by atoms with Gasteiger partial charge in [0.25, 0.3) is 0 Å². The molecule has 88 valence electrons. The summed E-state index contributed by atoms with van der Waals surface area (Å²) in [5.41, 5.74) is 0. The summed E-state index contributed by atoms with van der Waals surface area (Å²) in [6.07, 6.45) is 1.70. The molecule has 3 atom stereocenters. The summed E-state index contributed by atoms with van der Waals surface area (Å²) in [5.74, 6) is -0.370. The molecule has 1 aliphatic rings. The zero-order valence-corrected chi connectivity index (χ0v) is 9.52. The quantitative estimate of drug-likeness (QED) is 0.716. The number of aliphatic carboxylic acids is 1. The Kier molecular flexibility index (Phi) is 4.54. The highest BCUT2D eigenvalue weighted by Crippen LogP contribution is 2.22. The van der Waals surface area contributed by atoms with Crippen molar-refractivity contribution in [3.8, 4) is 0 Å². The maximum atomic E-state index is 10.4. The Morgan fingerprint density at radius 1 is 1.53 bits per heavy atom. The summed E-state index contributed by atoms with van der Waals surface area (Å²) in [6.45, 7) is 5.78. The van der Waals surface area contributed by atoms with Crippen molar-refractivity contribution in [3.05, 3.63) is 0 Å². The van der Waals surface area contributed by atoms with E-state index < -0.39 is 5.97 Å². The third kappa shape index (κ3) is 3.80. The van der Waals surface area contributed by atoms with Crippen molar-refractivity contribution in [2.24, 2.45) is 5.92 Å². The Bertz CT molecular complexity index is 218. The van der Waals surface area contributed by atoms with Gasteiger partial charge in [-0.2, -0.15) is 0 Å². The molecular weight excluding hydrogens is 194 g/mol. The number of hydrogen-bond donors (Lipinski definition) is 2. The van der Waals surface area contributed by atoms with Crippen molar-refractivity contribution >= 4 is 5.97 Å². The molecule has 4 heteroatoms. The molecule has 0 saturated carbocycles. The number of aliphatic hydroxyl groups excluding tert-OH is 1. The van der Waals surface area contributed by atoms with Gasteiger partial charge in [-0.15, -0.1) is 0 Å². The van der Waals surface area contributed by atoms with Gasteiger partial charge in [0.15, 0.2) is 0 Å². The molecule has 0 aliphatic carbocycles. The standard InChI is InChI=1S/C11H21NO3/c1-8(3-4-11(14)15)12-6-5-10(7-12)9(2)13/h8-10,13H,3-7H2,1-2H3,(H,14,15). The minimum atomic E-state index is -0.729. The Morgan fingerprint density at radius 2 is 2.20 bits per heavy atom. The van der Waals surface area contributed by atoms with E-state index in [-0.39, 0.29) is 12.5 Å². The maximum Gasteiger partial charge on any atom is 0.303 e. The lowest BCUT2D eigenvalue weighted by Crippen LogP contribution is -2.32. The Morgan fingerprint density at radius 3 is 2.67 bits per heavy atom. The Labute approximate surface area is 90.9 Å². The molecule has 0 aromatic rings. The summed E-state index contributed by atoms with van der Waals surface area (Å²) < 4.78 is 0. The largest absolute Gasteiger partial charge is 0.481 e. The predicted octanol–water partition coefficient (Wildman–Crippen LogP) is 0.942. The molecule has 4 nitrogen and oxygen atoms in total. The second-order valence-electron chi connectivity index (χ2n) is 4.57. The van der Waals surface area contributed by atoms with Gasteiger partial charge in [-0.1, -0.05) is 0 Å². The smallest absolute Gasteiger partial charge is 0.303 e. The van der Waals surface area contributed by atoms with Gasteiger partial charge in [-0.3, -0.25) is 4.79 Å². The number of rotatable bonds is 5. The minimum Gasteiger partial charge on any atom is -0.481 e. The van der Waals surface area contributed by atoms with E-state index in [0.717, 1.165) is 19.5 Å². The lowest BCUT2D eigenvalue weighted by molar-refractivity contribution is -0.137. The van der Waals surface area contributed by atoms with Gasteiger partial charge in [0.05, 0.1) is 6.10 Å². The van der Waals surface area contributed by atoms with Crippen LogP contribution >= 0.6 is 0 Å². The normalized spacial score (nSPS) is 26.5.